The zero-order chi connectivity index (χ0) is 48.6. The second-order valence-corrected chi connectivity index (χ2v) is 20.3. The fraction of sp³-hybridized carbons (Fsp3) is 0.869. The van der Waals surface area contributed by atoms with Crippen LogP contribution in [0.4, 0.5) is 0 Å². The first-order valence-electron chi connectivity index (χ1n) is 29.8. The maximum Gasteiger partial charge on any atom is 0.305 e. The van der Waals surface area contributed by atoms with Crippen LogP contribution in [0.5, 0.6) is 0 Å². The molecular weight excluding hydrogens is 827 g/mol. The molecule has 0 aromatic heterocycles. The molecule has 0 aliphatic carbocycles. The molecule has 67 heavy (non-hydrogen) atoms. The number of rotatable bonds is 55. The van der Waals surface area contributed by atoms with Gasteiger partial charge in [-0.25, -0.2) is 0 Å². The van der Waals surface area contributed by atoms with Gasteiger partial charge in [-0.2, -0.15) is 0 Å². The van der Waals surface area contributed by atoms with E-state index in [1.54, 1.807) is 6.08 Å². The Balaban J connectivity index is 3.51. The lowest BCUT2D eigenvalue weighted by molar-refractivity contribution is -0.143. The molecule has 0 heterocycles. The Kier molecular flexibility index (Phi) is 55.0. The minimum absolute atomic E-state index is 0.0212. The fourth-order valence-corrected chi connectivity index (χ4v) is 9.03. The Morgan fingerprint density at radius 1 is 0.403 bits per heavy atom. The topological polar surface area (TPSA) is 95.9 Å². The van der Waals surface area contributed by atoms with Gasteiger partial charge >= 0.3 is 5.97 Å². The number of hydrogen-bond donors (Lipinski definition) is 3. The highest BCUT2D eigenvalue weighted by atomic mass is 16.5. The predicted molar refractivity (Wildman–Crippen MR) is 292 cm³/mol. The van der Waals surface area contributed by atoms with E-state index in [9.17, 15) is 19.8 Å². The van der Waals surface area contributed by atoms with Gasteiger partial charge in [0.1, 0.15) is 0 Å². The molecular formula is C61H115NO5. The van der Waals surface area contributed by atoms with Crippen LogP contribution >= 0.6 is 0 Å². The van der Waals surface area contributed by atoms with Gasteiger partial charge in [-0.05, 0) is 83.5 Å². The van der Waals surface area contributed by atoms with Crippen LogP contribution in [0.15, 0.2) is 36.5 Å². The third-order valence-electron chi connectivity index (χ3n) is 13.6. The van der Waals surface area contributed by atoms with Crippen molar-refractivity contribution in [2.24, 2.45) is 0 Å². The first-order valence-corrected chi connectivity index (χ1v) is 29.8. The number of hydrogen-bond acceptors (Lipinski definition) is 5. The molecule has 1 amide bonds. The summed E-state index contributed by atoms with van der Waals surface area (Å²) in [5.41, 5.74) is 0. The molecule has 0 spiro atoms. The maximum atomic E-state index is 12.5. The molecule has 0 aromatic carbocycles. The van der Waals surface area contributed by atoms with Crippen molar-refractivity contribution in [2.75, 3.05) is 13.2 Å². The fourth-order valence-electron chi connectivity index (χ4n) is 9.03. The molecule has 3 N–H and O–H groups in total. The summed E-state index contributed by atoms with van der Waals surface area (Å²) in [6.07, 6.45) is 70.3. The summed E-state index contributed by atoms with van der Waals surface area (Å²) in [4.78, 5) is 24.5. The second kappa shape index (κ2) is 56.7. The van der Waals surface area contributed by atoms with Gasteiger partial charge < -0.3 is 20.3 Å². The number of carbonyl (C=O) groups excluding carboxylic acids is 2. The molecule has 394 valence electrons. The summed E-state index contributed by atoms with van der Waals surface area (Å²) in [5, 5.41) is 23.2. The molecule has 0 saturated carbocycles. The van der Waals surface area contributed by atoms with Crippen LogP contribution in [-0.4, -0.2) is 47.4 Å². The Bertz CT molecular complexity index is 1090. The number of aliphatic hydroxyl groups excluding tert-OH is 2. The van der Waals surface area contributed by atoms with E-state index < -0.39 is 12.1 Å². The lowest BCUT2D eigenvalue weighted by Gasteiger charge is -2.20. The smallest absolute Gasteiger partial charge is 0.305 e. The normalized spacial score (nSPS) is 12.8. The molecule has 0 radical (unpaired) electrons. The molecule has 0 rings (SSSR count). The van der Waals surface area contributed by atoms with Gasteiger partial charge in [-0.15, -0.1) is 0 Å². The number of allylic oxidation sites excluding steroid dienone is 5. The average Bonchev–Trinajstić information content (AvgIpc) is 3.33. The highest BCUT2D eigenvalue weighted by molar-refractivity contribution is 5.76. The van der Waals surface area contributed by atoms with Crippen LogP contribution in [0.2, 0.25) is 0 Å². The first-order chi connectivity index (χ1) is 33.0. The summed E-state index contributed by atoms with van der Waals surface area (Å²) >= 11 is 0. The highest BCUT2D eigenvalue weighted by Gasteiger charge is 2.18. The van der Waals surface area contributed by atoms with Crippen LogP contribution < -0.4 is 5.32 Å². The number of carbonyl (C=O) groups is 2. The number of amides is 1. The van der Waals surface area contributed by atoms with E-state index in [2.05, 4.69) is 43.5 Å². The summed E-state index contributed by atoms with van der Waals surface area (Å²) in [7, 11) is 0. The summed E-state index contributed by atoms with van der Waals surface area (Å²) < 4.78 is 5.44. The second-order valence-electron chi connectivity index (χ2n) is 20.3. The van der Waals surface area contributed by atoms with Gasteiger partial charge in [0.25, 0.3) is 0 Å². The molecule has 0 aromatic rings. The van der Waals surface area contributed by atoms with Gasteiger partial charge in [0.05, 0.1) is 25.4 Å². The van der Waals surface area contributed by atoms with E-state index in [0.29, 0.717) is 19.4 Å². The van der Waals surface area contributed by atoms with E-state index in [1.165, 1.54) is 218 Å². The van der Waals surface area contributed by atoms with Gasteiger partial charge in [-0.1, -0.05) is 256 Å². The van der Waals surface area contributed by atoms with Crippen molar-refractivity contribution >= 4 is 11.9 Å². The van der Waals surface area contributed by atoms with Crippen LogP contribution in [-0.2, 0) is 14.3 Å². The molecule has 0 aliphatic heterocycles. The number of esters is 1. The molecule has 2 unspecified atom stereocenters. The molecule has 6 nitrogen and oxygen atoms in total. The predicted octanol–water partition coefficient (Wildman–Crippen LogP) is 18.4. The summed E-state index contributed by atoms with van der Waals surface area (Å²) in [6.45, 7) is 4.85. The lowest BCUT2D eigenvalue weighted by atomic mass is 10.0. The summed E-state index contributed by atoms with van der Waals surface area (Å²) in [6, 6.07) is -0.641. The minimum atomic E-state index is -0.856. The average molecular weight is 943 g/mol. The Hall–Kier alpha value is -1.92. The van der Waals surface area contributed by atoms with Crippen LogP contribution in [0, 0.1) is 0 Å². The van der Waals surface area contributed by atoms with Crippen molar-refractivity contribution in [2.45, 2.75) is 328 Å². The summed E-state index contributed by atoms with van der Waals surface area (Å²) in [5.74, 6) is -0.102. The number of aliphatic hydroxyl groups is 2. The van der Waals surface area contributed by atoms with E-state index >= 15 is 0 Å². The largest absolute Gasteiger partial charge is 0.466 e. The molecule has 6 heteroatoms. The minimum Gasteiger partial charge on any atom is -0.466 e. The van der Waals surface area contributed by atoms with E-state index in [1.807, 2.05) is 6.08 Å². The van der Waals surface area contributed by atoms with Gasteiger partial charge in [0.15, 0.2) is 0 Å². The number of unbranched alkanes of at least 4 members (excludes halogenated alkanes) is 40. The Labute approximate surface area is 417 Å². The van der Waals surface area contributed by atoms with E-state index in [4.69, 9.17) is 4.74 Å². The van der Waals surface area contributed by atoms with Crippen LogP contribution in [0.25, 0.3) is 0 Å². The standard InChI is InChI=1S/C61H115NO5/c1-3-5-7-9-11-13-15-17-18-19-20-21-22-23-24-25-27-30-33-37-41-45-49-53-59(64)58(57-63)62-60(65)54-50-46-42-38-34-31-28-26-29-32-36-40-44-48-52-56-67-61(66)55-51-47-43-39-35-16-14-12-10-8-6-4-2/h12,14,29,32,49,53,58-59,63-64H,3-11,13,15-28,30-31,33-48,50-52,54-57H2,1-2H3,(H,62,65)/b14-12-,32-29-,53-49+. The van der Waals surface area contributed by atoms with Crippen molar-refractivity contribution in [1.29, 1.82) is 0 Å². The molecule has 0 aliphatic rings. The molecule has 0 bridgehead atoms. The van der Waals surface area contributed by atoms with Crippen molar-refractivity contribution in [3.8, 4) is 0 Å². The van der Waals surface area contributed by atoms with Gasteiger partial charge in [0.2, 0.25) is 5.91 Å². The van der Waals surface area contributed by atoms with Crippen LogP contribution in [0.1, 0.15) is 316 Å². The number of nitrogens with one attached hydrogen (secondary N) is 1. The van der Waals surface area contributed by atoms with Crippen LogP contribution in [0.3, 0.4) is 0 Å². The Morgan fingerprint density at radius 2 is 0.701 bits per heavy atom. The third kappa shape index (κ3) is 53.3. The highest BCUT2D eigenvalue weighted by Crippen LogP contribution is 2.17. The van der Waals surface area contributed by atoms with Crippen molar-refractivity contribution in [3.05, 3.63) is 36.5 Å². The Morgan fingerprint density at radius 3 is 1.09 bits per heavy atom. The van der Waals surface area contributed by atoms with Crippen molar-refractivity contribution < 1.29 is 24.5 Å². The SMILES string of the molecule is CCCCC/C=C\CCCCCCCC(=O)OCCCCCC/C=C\CCCCCCCCCC(=O)NC(CO)C(O)/C=C/CCCCCCCCCCCCCCCCCCCCCCC. The zero-order valence-electron chi connectivity index (χ0n) is 44.9. The van der Waals surface area contributed by atoms with E-state index in [-0.39, 0.29) is 18.5 Å². The lowest BCUT2D eigenvalue weighted by Crippen LogP contribution is -2.45. The van der Waals surface area contributed by atoms with E-state index in [0.717, 1.165) is 70.6 Å². The maximum absolute atomic E-state index is 12.5. The number of ether oxygens (including phenoxy) is 1. The van der Waals surface area contributed by atoms with Crippen molar-refractivity contribution in [3.63, 3.8) is 0 Å². The first kappa shape index (κ1) is 65.1. The quantitative estimate of drug-likeness (QED) is 0.0321. The zero-order valence-corrected chi connectivity index (χ0v) is 44.9. The third-order valence-corrected chi connectivity index (χ3v) is 13.6. The van der Waals surface area contributed by atoms with Crippen molar-refractivity contribution in [1.82, 2.24) is 5.32 Å². The molecule has 0 fully saturated rings. The van der Waals surface area contributed by atoms with Gasteiger partial charge in [0, 0.05) is 12.8 Å². The molecule has 0 saturated heterocycles. The molecule has 2 atom stereocenters. The van der Waals surface area contributed by atoms with Gasteiger partial charge in [-0.3, -0.25) is 9.59 Å². The monoisotopic (exact) mass is 942 g/mol.